The molecule has 0 bridgehead atoms. The number of amides is 1. The fraction of sp³-hybridized carbons (Fsp3) is 0.765. The van der Waals surface area contributed by atoms with Crippen molar-refractivity contribution < 1.29 is 9.53 Å². The van der Waals surface area contributed by atoms with Gasteiger partial charge >= 0.3 is 6.09 Å². The molecule has 0 radical (unpaired) electrons. The zero-order chi connectivity index (χ0) is 17.0. The number of imidazole rings is 1. The van der Waals surface area contributed by atoms with Gasteiger partial charge < -0.3 is 19.5 Å². The van der Waals surface area contributed by atoms with E-state index in [9.17, 15) is 4.79 Å². The summed E-state index contributed by atoms with van der Waals surface area (Å²) < 4.78 is 7.66. The Morgan fingerprint density at radius 3 is 2.87 bits per heavy atom. The van der Waals surface area contributed by atoms with Crippen LogP contribution >= 0.6 is 0 Å². The highest BCUT2D eigenvalue weighted by Crippen LogP contribution is 2.20. The van der Waals surface area contributed by atoms with E-state index in [1.165, 1.54) is 5.69 Å². The second kappa shape index (κ2) is 7.34. The van der Waals surface area contributed by atoms with Crippen molar-refractivity contribution in [2.45, 2.75) is 71.7 Å². The Kier molecular flexibility index (Phi) is 5.68. The summed E-state index contributed by atoms with van der Waals surface area (Å²) in [6, 6.07) is 0.610. The average Bonchev–Trinajstić information content (AvgIpc) is 3.05. The van der Waals surface area contributed by atoms with Crippen LogP contribution in [0.1, 0.15) is 59.2 Å². The van der Waals surface area contributed by atoms with Gasteiger partial charge in [-0.3, -0.25) is 0 Å². The third kappa shape index (κ3) is 4.96. The number of likely N-dealkylation sites (tertiary alicyclic amines) is 1. The van der Waals surface area contributed by atoms with Crippen molar-refractivity contribution in [3.05, 3.63) is 18.2 Å². The van der Waals surface area contributed by atoms with Gasteiger partial charge in [-0.25, -0.2) is 9.78 Å². The molecule has 1 aromatic heterocycles. The molecule has 1 aliphatic rings. The number of hydrogen-bond acceptors (Lipinski definition) is 4. The molecule has 1 N–H and O–H groups in total. The van der Waals surface area contributed by atoms with E-state index in [4.69, 9.17) is 4.74 Å². The number of rotatable bonds is 5. The predicted octanol–water partition coefficient (Wildman–Crippen LogP) is 2.95. The molecule has 130 valence electrons. The lowest BCUT2D eigenvalue weighted by Crippen LogP contribution is -2.44. The molecule has 0 saturated carbocycles. The molecule has 1 unspecified atom stereocenters. The number of carbonyl (C=O) groups excluding carboxylic acids is 1. The van der Waals surface area contributed by atoms with Crippen LogP contribution in [0.2, 0.25) is 0 Å². The fourth-order valence-electron chi connectivity index (χ4n) is 2.91. The van der Waals surface area contributed by atoms with Crippen molar-refractivity contribution in [2.75, 3.05) is 13.1 Å². The molecule has 1 atom stereocenters. The van der Waals surface area contributed by atoms with Gasteiger partial charge in [-0.2, -0.15) is 0 Å². The van der Waals surface area contributed by atoms with Crippen molar-refractivity contribution >= 4 is 6.09 Å². The molecule has 1 aromatic rings. The first kappa shape index (κ1) is 17.8. The molecular formula is C17H30N4O2. The monoisotopic (exact) mass is 322 g/mol. The van der Waals surface area contributed by atoms with E-state index in [1.807, 2.05) is 38.2 Å². The first-order chi connectivity index (χ1) is 10.8. The quantitative estimate of drug-likeness (QED) is 0.905. The topological polar surface area (TPSA) is 59.4 Å². The Morgan fingerprint density at radius 2 is 2.22 bits per heavy atom. The van der Waals surface area contributed by atoms with Gasteiger partial charge in [0.15, 0.2) is 0 Å². The SMILES string of the molecule is CC(C)n1cncc1CNCC1CCCN1C(=O)OC(C)(C)C. The summed E-state index contributed by atoms with van der Waals surface area (Å²) >= 11 is 0. The molecule has 1 fully saturated rings. The number of carbonyl (C=O) groups is 1. The summed E-state index contributed by atoms with van der Waals surface area (Å²) in [5.41, 5.74) is 0.725. The lowest BCUT2D eigenvalue weighted by molar-refractivity contribution is 0.0226. The fourth-order valence-corrected chi connectivity index (χ4v) is 2.91. The Balaban J connectivity index is 1.85. The Bertz CT molecular complexity index is 519. The Morgan fingerprint density at radius 1 is 1.48 bits per heavy atom. The second-order valence-electron chi connectivity index (χ2n) is 7.49. The van der Waals surface area contributed by atoms with Crippen LogP contribution in [-0.4, -0.2) is 45.3 Å². The van der Waals surface area contributed by atoms with E-state index in [1.54, 1.807) is 0 Å². The lowest BCUT2D eigenvalue weighted by atomic mass is 10.2. The van der Waals surface area contributed by atoms with E-state index < -0.39 is 5.60 Å². The molecule has 0 aromatic carbocycles. The van der Waals surface area contributed by atoms with Gasteiger partial charge in [0.1, 0.15) is 5.60 Å². The maximum atomic E-state index is 12.3. The number of hydrogen-bond donors (Lipinski definition) is 1. The minimum absolute atomic E-state index is 0.200. The molecule has 1 saturated heterocycles. The van der Waals surface area contributed by atoms with E-state index in [0.717, 1.165) is 32.5 Å². The highest BCUT2D eigenvalue weighted by Gasteiger charge is 2.31. The van der Waals surface area contributed by atoms with Gasteiger partial charge in [0.05, 0.1) is 12.0 Å². The second-order valence-corrected chi connectivity index (χ2v) is 7.49. The summed E-state index contributed by atoms with van der Waals surface area (Å²) in [6.45, 7) is 12.3. The van der Waals surface area contributed by atoms with Gasteiger partial charge in [0, 0.05) is 37.9 Å². The lowest BCUT2D eigenvalue weighted by Gasteiger charge is -2.28. The third-order valence-corrected chi connectivity index (χ3v) is 3.99. The molecule has 23 heavy (non-hydrogen) atoms. The largest absolute Gasteiger partial charge is 0.444 e. The van der Waals surface area contributed by atoms with Crippen LogP contribution in [0.3, 0.4) is 0 Å². The van der Waals surface area contributed by atoms with Gasteiger partial charge in [-0.15, -0.1) is 0 Å². The van der Waals surface area contributed by atoms with E-state index in [0.29, 0.717) is 6.04 Å². The summed E-state index contributed by atoms with van der Waals surface area (Å²) in [5, 5.41) is 3.46. The van der Waals surface area contributed by atoms with Gasteiger partial charge in [-0.1, -0.05) is 0 Å². The molecule has 0 spiro atoms. The maximum absolute atomic E-state index is 12.3. The molecular weight excluding hydrogens is 292 g/mol. The van der Waals surface area contributed by atoms with Gasteiger partial charge in [0.25, 0.3) is 0 Å². The van der Waals surface area contributed by atoms with Crippen LogP contribution in [0.15, 0.2) is 12.5 Å². The number of nitrogens with one attached hydrogen (secondary N) is 1. The Labute approximate surface area is 139 Å². The summed E-state index contributed by atoms with van der Waals surface area (Å²) in [4.78, 5) is 18.3. The standard InChI is InChI=1S/C17H30N4O2/c1-13(2)21-12-19-11-15(21)10-18-9-14-7-6-8-20(14)16(22)23-17(3,4)5/h11-14,18H,6-10H2,1-5H3. The third-order valence-electron chi connectivity index (χ3n) is 3.99. The smallest absolute Gasteiger partial charge is 0.410 e. The first-order valence-corrected chi connectivity index (χ1v) is 8.49. The summed E-state index contributed by atoms with van der Waals surface area (Å²) in [5.74, 6) is 0. The van der Waals surface area contributed by atoms with E-state index in [-0.39, 0.29) is 12.1 Å². The van der Waals surface area contributed by atoms with E-state index >= 15 is 0 Å². The zero-order valence-electron chi connectivity index (χ0n) is 15.0. The molecule has 2 rings (SSSR count). The molecule has 2 heterocycles. The van der Waals surface area contributed by atoms with Crippen molar-refractivity contribution in [1.82, 2.24) is 19.8 Å². The van der Waals surface area contributed by atoms with Gasteiger partial charge in [-0.05, 0) is 47.5 Å². The minimum atomic E-state index is -0.443. The summed E-state index contributed by atoms with van der Waals surface area (Å²) in [7, 11) is 0. The highest BCUT2D eigenvalue weighted by molar-refractivity contribution is 5.69. The highest BCUT2D eigenvalue weighted by atomic mass is 16.6. The normalized spacial score (nSPS) is 18.7. The molecule has 6 heteroatoms. The zero-order valence-corrected chi connectivity index (χ0v) is 15.0. The van der Waals surface area contributed by atoms with Crippen LogP contribution in [0.5, 0.6) is 0 Å². The van der Waals surface area contributed by atoms with Crippen molar-refractivity contribution in [3.8, 4) is 0 Å². The average molecular weight is 322 g/mol. The van der Waals surface area contributed by atoms with Gasteiger partial charge in [0.2, 0.25) is 0 Å². The van der Waals surface area contributed by atoms with Crippen LogP contribution in [0.4, 0.5) is 4.79 Å². The van der Waals surface area contributed by atoms with Crippen molar-refractivity contribution in [1.29, 1.82) is 0 Å². The molecule has 0 aliphatic carbocycles. The maximum Gasteiger partial charge on any atom is 0.410 e. The van der Waals surface area contributed by atoms with Crippen LogP contribution in [-0.2, 0) is 11.3 Å². The van der Waals surface area contributed by atoms with Crippen LogP contribution in [0, 0.1) is 0 Å². The Hall–Kier alpha value is -1.56. The number of ether oxygens (including phenoxy) is 1. The molecule has 1 amide bonds. The minimum Gasteiger partial charge on any atom is -0.444 e. The predicted molar refractivity (Wildman–Crippen MR) is 90.3 cm³/mol. The number of nitrogens with zero attached hydrogens (tertiary/aromatic N) is 3. The van der Waals surface area contributed by atoms with E-state index in [2.05, 4.69) is 28.7 Å². The first-order valence-electron chi connectivity index (χ1n) is 8.49. The number of aromatic nitrogens is 2. The molecule has 6 nitrogen and oxygen atoms in total. The van der Waals surface area contributed by atoms with Crippen LogP contribution < -0.4 is 5.32 Å². The van der Waals surface area contributed by atoms with Crippen molar-refractivity contribution in [3.63, 3.8) is 0 Å². The summed E-state index contributed by atoms with van der Waals surface area (Å²) in [6.07, 6.45) is 5.62. The van der Waals surface area contributed by atoms with Crippen LogP contribution in [0.25, 0.3) is 0 Å². The van der Waals surface area contributed by atoms with Crippen molar-refractivity contribution in [2.24, 2.45) is 0 Å². The molecule has 1 aliphatic heterocycles.